The quantitative estimate of drug-likeness (QED) is 0.584. The SMILES string of the molecule is C[C@@H]1CN(C(=O)/C=C/c2cc(Cl)c3nonc3c2)[C@@H](C)CN1Cc1ccc(F)cc1. The molecule has 1 aliphatic rings. The maximum absolute atomic E-state index is 13.1. The molecule has 0 saturated carbocycles. The van der Waals surface area contributed by atoms with Gasteiger partial charge in [-0.25, -0.2) is 9.02 Å². The first-order chi connectivity index (χ1) is 14.4. The van der Waals surface area contributed by atoms with E-state index in [1.807, 2.05) is 11.8 Å². The summed E-state index contributed by atoms with van der Waals surface area (Å²) < 4.78 is 17.8. The number of aromatic nitrogens is 2. The van der Waals surface area contributed by atoms with Gasteiger partial charge in [0.25, 0.3) is 0 Å². The van der Waals surface area contributed by atoms with E-state index in [1.165, 1.54) is 12.1 Å². The van der Waals surface area contributed by atoms with Gasteiger partial charge in [-0.05, 0) is 65.6 Å². The number of hydrogen-bond donors (Lipinski definition) is 0. The molecule has 0 aliphatic carbocycles. The highest BCUT2D eigenvalue weighted by Gasteiger charge is 2.31. The van der Waals surface area contributed by atoms with Crippen LogP contribution >= 0.6 is 11.6 Å². The third kappa shape index (κ3) is 4.37. The van der Waals surface area contributed by atoms with Crippen molar-refractivity contribution in [1.82, 2.24) is 20.1 Å². The van der Waals surface area contributed by atoms with Crippen LogP contribution < -0.4 is 0 Å². The van der Waals surface area contributed by atoms with Crippen molar-refractivity contribution in [2.75, 3.05) is 13.1 Å². The van der Waals surface area contributed by atoms with E-state index in [4.69, 9.17) is 16.2 Å². The van der Waals surface area contributed by atoms with Gasteiger partial charge >= 0.3 is 0 Å². The number of piperazine rings is 1. The molecule has 0 radical (unpaired) electrons. The molecule has 1 saturated heterocycles. The number of hydrogen-bond acceptors (Lipinski definition) is 5. The van der Waals surface area contributed by atoms with Crippen molar-refractivity contribution in [3.8, 4) is 0 Å². The van der Waals surface area contributed by atoms with Crippen molar-refractivity contribution in [3.63, 3.8) is 0 Å². The second-order valence-electron chi connectivity index (χ2n) is 7.71. The van der Waals surface area contributed by atoms with Crippen LogP contribution in [0.25, 0.3) is 17.1 Å². The fraction of sp³-hybridized carbons (Fsp3) is 0.318. The molecular formula is C22H22ClFN4O2. The summed E-state index contributed by atoms with van der Waals surface area (Å²) in [5.74, 6) is -0.284. The zero-order valence-corrected chi connectivity index (χ0v) is 17.5. The maximum Gasteiger partial charge on any atom is 0.246 e. The standard InChI is InChI=1S/C22H22ClFN4O2/c1-14-12-28(15(2)11-27(14)13-16-3-6-18(24)7-4-16)21(29)8-5-17-9-19(23)22-20(10-17)25-30-26-22/h3-10,14-15H,11-13H2,1-2H3/b8-5+/t14-,15+/m1/s1. The molecule has 2 atom stereocenters. The van der Waals surface area contributed by atoms with Gasteiger partial charge in [0, 0.05) is 37.8 Å². The lowest BCUT2D eigenvalue weighted by Gasteiger charge is -2.44. The monoisotopic (exact) mass is 428 g/mol. The molecule has 1 aromatic heterocycles. The number of amides is 1. The van der Waals surface area contributed by atoms with Crippen molar-refractivity contribution >= 4 is 34.6 Å². The van der Waals surface area contributed by atoms with Gasteiger partial charge in [-0.1, -0.05) is 23.7 Å². The van der Waals surface area contributed by atoms with Crippen LogP contribution in [-0.4, -0.2) is 51.2 Å². The van der Waals surface area contributed by atoms with Gasteiger partial charge in [-0.15, -0.1) is 0 Å². The molecule has 8 heteroatoms. The van der Waals surface area contributed by atoms with Crippen molar-refractivity contribution in [2.45, 2.75) is 32.5 Å². The number of rotatable bonds is 4. The van der Waals surface area contributed by atoms with Gasteiger partial charge in [-0.3, -0.25) is 9.69 Å². The van der Waals surface area contributed by atoms with Crippen LogP contribution in [0.4, 0.5) is 4.39 Å². The summed E-state index contributed by atoms with van der Waals surface area (Å²) in [7, 11) is 0. The number of fused-ring (bicyclic) bond motifs is 1. The van der Waals surface area contributed by atoms with E-state index in [0.717, 1.165) is 24.2 Å². The molecule has 0 spiro atoms. The molecule has 3 aromatic rings. The summed E-state index contributed by atoms with van der Waals surface area (Å²) in [6.07, 6.45) is 3.29. The summed E-state index contributed by atoms with van der Waals surface area (Å²) in [6.45, 7) is 6.25. The third-order valence-corrected chi connectivity index (χ3v) is 5.74. The highest BCUT2D eigenvalue weighted by Crippen LogP contribution is 2.24. The molecule has 1 fully saturated rings. The molecule has 0 N–H and O–H groups in total. The minimum absolute atomic E-state index is 0.0507. The first-order valence-corrected chi connectivity index (χ1v) is 10.2. The Morgan fingerprint density at radius 2 is 1.97 bits per heavy atom. The molecule has 2 heterocycles. The minimum Gasteiger partial charge on any atom is -0.334 e. The molecule has 1 amide bonds. The van der Waals surface area contributed by atoms with Crippen LogP contribution in [0.3, 0.4) is 0 Å². The number of carbonyl (C=O) groups excluding carboxylic acids is 1. The van der Waals surface area contributed by atoms with E-state index in [9.17, 15) is 9.18 Å². The molecule has 0 bridgehead atoms. The minimum atomic E-state index is -0.234. The van der Waals surface area contributed by atoms with Crippen LogP contribution in [0.5, 0.6) is 0 Å². The second-order valence-corrected chi connectivity index (χ2v) is 8.12. The summed E-state index contributed by atoms with van der Waals surface area (Å²) in [6, 6.07) is 10.3. The van der Waals surface area contributed by atoms with Gasteiger partial charge < -0.3 is 4.90 Å². The Morgan fingerprint density at radius 3 is 2.73 bits per heavy atom. The van der Waals surface area contributed by atoms with Crippen molar-refractivity contribution in [3.05, 3.63) is 64.4 Å². The highest BCUT2D eigenvalue weighted by molar-refractivity contribution is 6.35. The summed E-state index contributed by atoms with van der Waals surface area (Å²) in [5.41, 5.74) is 2.86. The summed E-state index contributed by atoms with van der Waals surface area (Å²) in [4.78, 5) is 17.0. The molecule has 30 heavy (non-hydrogen) atoms. The second kappa shape index (κ2) is 8.53. The van der Waals surface area contributed by atoms with E-state index in [-0.39, 0.29) is 23.8 Å². The Hall–Kier alpha value is -2.77. The molecule has 156 valence electrons. The first kappa shape index (κ1) is 20.5. The van der Waals surface area contributed by atoms with Crippen LogP contribution in [0, 0.1) is 5.82 Å². The molecule has 4 rings (SSSR count). The highest BCUT2D eigenvalue weighted by atomic mass is 35.5. The van der Waals surface area contributed by atoms with Crippen LogP contribution in [-0.2, 0) is 11.3 Å². The van der Waals surface area contributed by atoms with Gasteiger partial charge in [0.2, 0.25) is 5.91 Å². The van der Waals surface area contributed by atoms with E-state index in [2.05, 4.69) is 22.1 Å². The van der Waals surface area contributed by atoms with E-state index < -0.39 is 0 Å². The maximum atomic E-state index is 13.1. The van der Waals surface area contributed by atoms with Gasteiger partial charge in [-0.2, -0.15) is 0 Å². The van der Waals surface area contributed by atoms with E-state index in [0.29, 0.717) is 22.6 Å². The molecule has 1 aliphatic heterocycles. The number of benzene rings is 2. The predicted molar refractivity (Wildman–Crippen MR) is 113 cm³/mol. The lowest BCUT2D eigenvalue weighted by Crippen LogP contribution is -2.57. The zero-order chi connectivity index (χ0) is 21.3. The zero-order valence-electron chi connectivity index (χ0n) is 16.8. The first-order valence-electron chi connectivity index (χ1n) is 9.79. The van der Waals surface area contributed by atoms with E-state index in [1.54, 1.807) is 36.4 Å². The molecule has 2 aromatic carbocycles. The summed E-state index contributed by atoms with van der Waals surface area (Å²) in [5, 5.41) is 7.98. The van der Waals surface area contributed by atoms with Crippen LogP contribution in [0.2, 0.25) is 5.02 Å². The Morgan fingerprint density at radius 1 is 1.20 bits per heavy atom. The van der Waals surface area contributed by atoms with Crippen LogP contribution in [0.1, 0.15) is 25.0 Å². The number of carbonyl (C=O) groups is 1. The van der Waals surface area contributed by atoms with Crippen molar-refractivity contribution in [1.29, 1.82) is 0 Å². The number of halogens is 2. The number of nitrogens with zero attached hydrogens (tertiary/aromatic N) is 4. The Kier molecular flexibility index (Phi) is 5.83. The van der Waals surface area contributed by atoms with Gasteiger partial charge in [0.1, 0.15) is 11.3 Å². The lowest BCUT2D eigenvalue weighted by molar-refractivity contribution is -0.131. The molecule has 6 nitrogen and oxygen atoms in total. The van der Waals surface area contributed by atoms with E-state index >= 15 is 0 Å². The fourth-order valence-corrected chi connectivity index (χ4v) is 4.04. The van der Waals surface area contributed by atoms with Crippen molar-refractivity contribution < 1.29 is 13.8 Å². The third-order valence-electron chi connectivity index (χ3n) is 5.45. The molecule has 0 unspecified atom stereocenters. The Balaban J connectivity index is 1.42. The summed E-state index contributed by atoms with van der Waals surface area (Å²) >= 11 is 6.18. The average Bonchev–Trinajstić information content (AvgIpc) is 3.19. The Labute approximate surface area is 178 Å². The predicted octanol–water partition coefficient (Wildman–Crippen LogP) is 4.15. The van der Waals surface area contributed by atoms with Gasteiger partial charge in [0.15, 0.2) is 5.52 Å². The fourth-order valence-electron chi connectivity index (χ4n) is 3.78. The van der Waals surface area contributed by atoms with Gasteiger partial charge in [0.05, 0.1) is 5.02 Å². The smallest absolute Gasteiger partial charge is 0.246 e. The van der Waals surface area contributed by atoms with Crippen molar-refractivity contribution in [2.24, 2.45) is 0 Å². The Bertz CT molecular complexity index is 1080. The average molecular weight is 429 g/mol. The van der Waals surface area contributed by atoms with Crippen LogP contribution in [0.15, 0.2) is 47.1 Å². The topological polar surface area (TPSA) is 62.5 Å². The lowest BCUT2D eigenvalue weighted by atomic mass is 10.1. The normalized spacial score (nSPS) is 20.3. The largest absolute Gasteiger partial charge is 0.334 e. The molecular weight excluding hydrogens is 407 g/mol.